The first-order chi connectivity index (χ1) is 9.69. The van der Waals surface area contributed by atoms with Gasteiger partial charge in [-0.2, -0.15) is 0 Å². The fourth-order valence-electron chi connectivity index (χ4n) is 1.92. The van der Waals surface area contributed by atoms with E-state index in [1.54, 1.807) is 6.26 Å². The van der Waals surface area contributed by atoms with Crippen molar-refractivity contribution in [3.8, 4) is 0 Å². The van der Waals surface area contributed by atoms with Crippen molar-refractivity contribution in [1.29, 1.82) is 0 Å². The molecule has 6 heteroatoms. The van der Waals surface area contributed by atoms with Crippen LogP contribution in [0.2, 0.25) is 0 Å². The van der Waals surface area contributed by atoms with Crippen LogP contribution in [0.15, 0.2) is 22.8 Å². The van der Waals surface area contributed by atoms with E-state index >= 15 is 0 Å². The van der Waals surface area contributed by atoms with Gasteiger partial charge < -0.3 is 9.73 Å². The number of aryl methyl sites for hydroxylation is 2. The van der Waals surface area contributed by atoms with Gasteiger partial charge in [0.2, 0.25) is 5.82 Å². The molecule has 1 amide bonds. The van der Waals surface area contributed by atoms with Crippen LogP contribution in [0.3, 0.4) is 0 Å². The van der Waals surface area contributed by atoms with Gasteiger partial charge in [-0.1, -0.05) is 6.92 Å². The highest BCUT2D eigenvalue weighted by Crippen LogP contribution is 2.06. The van der Waals surface area contributed by atoms with E-state index in [0.717, 1.165) is 37.3 Å². The van der Waals surface area contributed by atoms with Crippen molar-refractivity contribution in [2.24, 2.45) is 0 Å². The van der Waals surface area contributed by atoms with Gasteiger partial charge in [0.1, 0.15) is 11.6 Å². The highest BCUT2D eigenvalue weighted by molar-refractivity contribution is 5.90. The van der Waals surface area contributed by atoms with Gasteiger partial charge in [0.15, 0.2) is 0 Å². The number of hydrogen-bond acceptors (Lipinski definition) is 4. The lowest BCUT2D eigenvalue weighted by Crippen LogP contribution is -2.33. The molecule has 1 unspecified atom stereocenters. The quantitative estimate of drug-likeness (QED) is 0.811. The number of H-pyrrole nitrogens is 1. The second-order valence-corrected chi connectivity index (χ2v) is 4.85. The van der Waals surface area contributed by atoms with Crippen LogP contribution in [0, 0.1) is 0 Å². The van der Waals surface area contributed by atoms with Crippen molar-refractivity contribution >= 4 is 5.91 Å². The van der Waals surface area contributed by atoms with E-state index in [9.17, 15) is 4.79 Å². The Morgan fingerprint density at radius 2 is 2.35 bits per heavy atom. The molecule has 2 N–H and O–H groups in total. The molecule has 6 nitrogen and oxygen atoms in total. The molecular weight excluding hydrogens is 256 g/mol. The summed E-state index contributed by atoms with van der Waals surface area (Å²) in [5, 5.41) is 9.60. The Balaban J connectivity index is 1.80. The van der Waals surface area contributed by atoms with Gasteiger partial charge >= 0.3 is 0 Å². The smallest absolute Gasteiger partial charge is 0.291 e. The van der Waals surface area contributed by atoms with Crippen LogP contribution in [0.4, 0.5) is 0 Å². The van der Waals surface area contributed by atoms with Crippen LogP contribution in [0.25, 0.3) is 0 Å². The minimum absolute atomic E-state index is 0.0423. The van der Waals surface area contributed by atoms with Gasteiger partial charge in [0.05, 0.1) is 6.26 Å². The Bertz CT molecular complexity index is 533. The molecule has 2 rings (SSSR count). The molecule has 0 bridgehead atoms. The van der Waals surface area contributed by atoms with Gasteiger partial charge in [0.25, 0.3) is 5.91 Å². The van der Waals surface area contributed by atoms with Gasteiger partial charge in [-0.25, -0.2) is 4.98 Å². The van der Waals surface area contributed by atoms with E-state index < -0.39 is 0 Å². The molecule has 0 fully saturated rings. The number of nitrogens with one attached hydrogen (secondary N) is 2. The fourth-order valence-corrected chi connectivity index (χ4v) is 1.92. The van der Waals surface area contributed by atoms with Crippen LogP contribution in [-0.2, 0) is 12.8 Å². The number of aromatic nitrogens is 3. The molecule has 0 aliphatic rings. The maximum atomic E-state index is 12.0. The van der Waals surface area contributed by atoms with Crippen LogP contribution in [0.5, 0.6) is 0 Å². The monoisotopic (exact) mass is 276 g/mol. The number of rotatable bonds is 7. The minimum atomic E-state index is -0.240. The highest BCUT2D eigenvalue weighted by Gasteiger charge is 2.15. The summed E-state index contributed by atoms with van der Waals surface area (Å²) in [4.78, 5) is 16.1. The lowest BCUT2D eigenvalue weighted by Gasteiger charge is -2.11. The number of furan rings is 1. The third-order valence-corrected chi connectivity index (χ3v) is 3.00. The predicted octanol–water partition coefficient (Wildman–Crippen LogP) is 2.10. The fraction of sp³-hybridized carbons (Fsp3) is 0.500. The van der Waals surface area contributed by atoms with Crippen molar-refractivity contribution in [1.82, 2.24) is 20.5 Å². The molecule has 0 saturated heterocycles. The normalized spacial score (nSPS) is 12.3. The summed E-state index contributed by atoms with van der Waals surface area (Å²) in [5.41, 5.74) is 0. The predicted molar refractivity (Wildman–Crippen MR) is 74.3 cm³/mol. The molecule has 2 aromatic rings. The van der Waals surface area contributed by atoms with Crippen molar-refractivity contribution < 1.29 is 9.21 Å². The molecule has 1 atom stereocenters. The molecular formula is C14H20N4O2. The molecule has 0 spiro atoms. The van der Waals surface area contributed by atoms with Gasteiger partial charge in [-0.15, -0.1) is 5.10 Å². The SMILES string of the molecule is CCCc1nc(C(=O)NC(C)CCc2ccco2)n[nH]1. The molecule has 2 aromatic heterocycles. The molecule has 0 aliphatic carbocycles. The molecule has 2 heterocycles. The first kappa shape index (κ1) is 14.3. The Kier molecular flexibility index (Phi) is 4.92. The third-order valence-electron chi connectivity index (χ3n) is 3.00. The van der Waals surface area contributed by atoms with Crippen molar-refractivity contribution in [3.05, 3.63) is 35.8 Å². The Hall–Kier alpha value is -2.11. The van der Waals surface area contributed by atoms with Crippen molar-refractivity contribution in [3.63, 3.8) is 0 Å². The average Bonchev–Trinajstić information content (AvgIpc) is 3.08. The maximum absolute atomic E-state index is 12.0. The number of hydrogen-bond donors (Lipinski definition) is 2. The largest absolute Gasteiger partial charge is 0.469 e. The second-order valence-electron chi connectivity index (χ2n) is 4.85. The topological polar surface area (TPSA) is 83.8 Å². The zero-order valence-corrected chi connectivity index (χ0v) is 11.8. The molecule has 0 aliphatic heterocycles. The lowest BCUT2D eigenvalue weighted by molar-refractivity contribution is 0.0928. The van der Waals surface area contributed by atoms with Crippen LogP contribution in [0.1, 0.15) is 48.9 Å². The van der Waals surface area contributed by atoms with Crippen LogP contribution >= 0.6 is 0 Å². The number of aromatic amines is 1. The van der Waals surface area contributed by atoms with E-state index in [1.165, 1.54) is 0 Å². The number of nitrogens with zero attached hydrogens (tertiary/aromatic N) is 2. The maximum Gasteiger partial charge on any atom is 0.291 e. The highest BCUT2D eigenvalue weighted by atomic mass is 16.3. The number of amides is 1. The zero-order valence-electron chi connectivity index (χ0n) is 11.8. The zero-order chi connectivity index (χ0) is 14.4. The Labute approximate surface area is 118 Å². The first-order valence-electron chi connectivity index (χ1n) is 6.93. The molecule has 20 heavy (non-hydrogen) atoms. The first-order valence-corrected chi connectivity index (χ1v) is 6.93. The minimum Gasteiger partial charge on any atom is -0.469 e. The summed E-state index contributed by atoms with van der Waals surface area (Å²) in [7, 11) is 0. The summed E-state index contributed by atoms with van der Waals surface area (Å²) >= 11 is 0. The Morgan fingerprint density at radius 1 is 1.50 bits per heavy atom. The summed E-state index contributed by atoms with van der Waals surface area (Å²) in [6, 6.07) is 3.84. The van der Waals surface area contributed by atoms with E-state index in [0.29, 0.717) is 0 Å². The summed E-state index contributed by atoms with van der Waals surface area (Å²) in [6.07, 6.45) is 5.03. The van der Waals surface area contributed by atoms with E-state index in [2.05, 4.69) is 27.4 Å². The molecule has 108 valence electrons. The van der Waals surface area contributed by atoms with Gasteiger partial charge in [0, 0.05) is 18.9 Å². The van der Waals surface area contributed by atoms with Gasteiger partial charge in [-0.3, -0.25) is 9.89 Å². The summed E-state index contributed by atoms with van der Waals surface area (Å²) < 4.78 is 5.26. The van der Waals surface area contributed by atoms with Crippen molar-refractivity contribution in [2.45, 2.75) is 45.6 Å². The van der Waals surface area contributed by atoms with Crippen LogP contribution in [-0.4, -0.2) is 27.1 Å². The third kappa shape index (κ3) is 3.94. The standard InChI is InChI=1S/C14H20N4O2/c1-3-5-12-16-13(18-17-12)14(19)15-10(2)7-8-11-6-4-9-20-11/h4,6,9-10H,3,5,7-8H2,1-2H3,(H,15,19)(H,16,17,18). The van der Waals surface area contributed by atoms with Crippen molar-refractivity contribution in [2.75, 3.05) is 0 Å². The average molecular weight is 276 g/mol. The second kappa shape index (κ2) is 6.88. The van der Waals surface area contributed by atoms with E-state index in [1.807, 2.05) is 19.1 Å². The van der Waals surface area contributed by atoms with Crippen LogP contribution < -0.4 is 5.32 Å². The lowest BCUT2D eigenvalue weighted by atomic mass is 10.1. The Morgan fingerprint density at radius 3 is 3.05 bits per heavy atom. The molecule has 0 aromatic carbocycles. The molecule has 0 radical (unpaired) electrons. The van der Waals surface area contributed by atoms with E-state index in [-0.39, 0.29) is 17.8 Å². The summed E-state index contributed by atoms with van der Waals surface area (Å²) in [6.45, 7) is 4.01. The molecule has 0 saturated carbocycles. The number of carbonyl (C=O) groups excluding carboxylic acids is 1. The number of carbonyl (C=O) groups is 1. The van der Waals surface area contributed by atoms with E-state index in [4.69, 9.17) is 4.42 Å². The summed E-state index contributed by atoms with van der Waals surface area (Å²) in [5.74, 6) is 1.64. The van der Waals surface area contributed by atoms with Gasteiger partial charge in [-0.05, 0) is 31.9 Å².